The fraction of sp³-hybridized carbons (Fsp3) is 0.0952. The Kier molecular flexibility index (Phi) is 8.25. The summed E-state index contributed by atoms with van der Waals surface area (Å²) < 4.78 is 3.58. The molecule has 2 radical (unpaired) electrons. The number of nitrogens with zero attached hydrogens (tertiary/aromatic N) is 5. The molecule has 0 aliphatic heterocycles. The molecule has 2 aromatic carbocycles. The van der Waals surface area contributed by atoms with E-state index in [0.29, 0.717) is 12.2 Å². The second-order valence-corrected chi connectivity index (χ2v) is 5.40. The first-order chi connectivity index (χ1) is 13.8. The highest BCUT2D eigenvalue weighted by molar-refractivity contribution is 6.05. The zero-order valence-corrected chi connectivity index (χ0v) is 15.7. The van der Waals surface area contributed by atoms with E-state index in [0.717, 1.165) is 16.9 Å². The molecular formula is C21H21BN6. The van der Waals surface area contributed by atoms with Crippen molar-refractivity contribution in [1.29, 1.82) is 0 Å². The smallest absolute Gasteiger partial charge is 0.187 e. The summed E-state index contributed by atoms with van der Waals surface area (Å²) in [5, 5.41) is 8.21. The molecule has 0 aliphatic carbocycles. The van der Waals surface area contributed by atoms with Gasteiger partial charge in [0.15, 0.2) is 5.69 Å². The van der Waals surface area contributed by atoms with Gasteiger partial charge in [-0.2, -0.15) is 10.2 Å². The van der Waals surface area contributed by atoms with E-state index in [1.54, 1.807) is 29.2 Å². The van der Waals surface area contributed by atoms with E-state index in [2.05, 4.69) is 22.9 Å². The largest absolute Gasteiger partial charge is 0.326 e. The molecule has 0 aliphatic rings. The quantitative estimate of drug-likeness (QED) is 0.440. The molecule has 0 amide bonds. The number of aromatic nitrogens is 4. The van der Waals surface area contributed by atoms with Crippen LogP contribution < -0.4 is 5.73 Å². The Morgan fingerprint density at radius 3 is 1.68 bits per heavy atom. The number of benzene rings is 2. The molecule has 28 heavy (non-hydrogen) atoms. The first-order valence-corrected chi connectivity index (χ1v) is 8.64. The molecule has 0 spiro atoms. The normalized spacial score (nSPS) is 9.32. The second-order valence-electron chi connectivity index (χ2n) is 5.40. The summed E-state index contributed by atoms with van der Waals surface area (Å²) in [6.45, 7) is 8.87. The third-order valence-corrected chi connectivity index (χ3v) is 3.69. The van der Waals surface area contributed by atoms with Gasteiger partial charge >= 0.3 is 0 Å². The molecule has 2 aromatic heterocycles. The summed E-state index contributed by atoms with van der Waals surface area (Å²) in [6.07, 6.45) is 7.27. The van der Waals surface area contributed by atoms with Crippen LogP contribution in [0.3, 0.4) is 0 Å². The van der Waals surface area contributed by atoms with Crippen molar-refractivity contribution in [2.75, 3.05) is 0 Å². The van der Waals surface area contributed by atoms with Gasteiger partial charge in [0.05, 0.1) is 25.8 Å². The highest BCUT2D eigenvalue weighted by Gasteiger charge is 1.95. The lowest BCUT2D eigenvalue weighted by Crippen LogP contribution is -1.98. The average Bonchev–Trinajstić information content (AvgIpc) is 3.50. The Balaban J connectivity index is 0.000000184. The molecule has 2 heterocycles. The Bertz CT molecular complexity index is 953. The molecule has 4 aromatic rings. The third-order valence-electron chi connectivity index (χ3n) is 3.69. The van der Waals surface area contributed by atoms with E-state index in [-0.39, 0.29) is 0 Å². The molecule has 138 valence electrons. The van der Waals surface area contributed by atoms with E-state index >= 15 is 0 Å². The summed E-state index contributed by atoms with van der Waals surface area (Å²) in [6, 6.07) is 19.1. The van der Waals surface area contributed by atoms with E-state index < -0.39 is 0 Å². The Morgan fingerprint density at radius 1 is 0.857 bits per heavy atom. The standard InChI is InChI=1S/C10H7N3.C10H11N3.CH3B/c1-11-9-3-5-10(6-4-9)13-8-2-7-12-13;11-8-9-2-4-10(5-3-9)13-7-1-6-12-13;1-2/h2-8H;1-7H,8,11H2;1H3. The van der Waals surface area contributed by atoms with Gasteiger partial charge in [0, 0.05) is 31.3 Å². The zero-order chi connectivity index (χ0) is 20.2. The third kappa shape index (κ3) is 5.69. The molecule has 0 bridgehead atoms. The lowest BCUT2D eigenvalue weighted by atomic mass is 10.2. The molecule has 2 N–H and O–H groups in total. The van der Waals surface area contributed by atoms with Gasteiger partial charge in [0.1, 0.15) is 0 Å². The highest BCUT2D eigenvalue weighted by atomic mass is 15.3. The predicted molar refractivity (Wildman–Crippen MR) is 113 cm³/mol. The molecule has 0 unspecified atom stereocenters. The summed E-state index contributed by atoms with van der Waals surface area (Å²) in [7, 11) is 4.50. The van der Waals surface area contributed by atoms with Gasteiger partial charge in [-0.3, -0.25) is 0 Å². The fourth-order valence-electron chi connectivity index (χ4n) is 2.31. The van der Waals surface area contributed by atoms with Crippen molar-refractivity contribution < 1.29 is 0 Å². The molecule has 4 rings (SSSR count). The first kappa shape index (κ1) is 20.7. The van der Waals surface area contributed by atoms with Crippen molar-refractivity contribution in [2.45, 2.75) is 13.4 Å². The monoisotopic (exact) mass is 368 g/mol. The van der Waals surface area contributed by atoms with Crippen LogP contribution in [0, 0.1) is 6.57 Å². The topological polar surface area (TPSA) is 66.0 Å². The minimum Gasteiger partial charge on any atom is -0.326 e. The van der Waals surface area contributed by atoms with Crippen LogP contribution in [0.25, 0.3) is 16.2 Å². The van der Waals surface area contributed by atoms with Crippen LogP contribution in [-0.2, 0) is 6.54 Å². The van der Waals surface area contributed by atoms with Gasteiger partial charge in [-0.15, -0.1) is 0 Å². The van der Waals surface area contributed by atoms with Crippen LogP contribution >= 0.6 is 0 Å². The van der Waals surface area contributed by atoms with Gasteiger partial charge in [-0.05, 0) is 42.0 Å². The van der Waals surface area contributed by atoms with E-state index in [1.165, 1.54) is 6.82 Å². The van der Waals surface area contributed by atoms with Gasteiger partial charge in [-0.1, -0.05) is 31.1 Å². The Hall–Kier alpha value is -3.63. The van der Waals surface area contributed by atoms with E-state index in [1.807, 2.05) is 65.6 Å². The minimum absolute atomic E-state index is 0.583. The molecule has 0 atom stereocenters. The Morgan fingerprint density at radius 2 is 1.32 bits per heavy atom. The molecule has 0 saturated carbocycles. The van der Waals surface area contributed by atoms with Gasteiger partial charge in [-0.25, -0.2) is 14.2 Å². The van der Waals surface area contributed by atoms with Gasteiger partial charge in [0.2, 0.25) is 0 Å². The molecule has 6 nitrogen and oxygen atoms in total. The summed E-state index contributed by atoms with van der Waals surface area (Å²) in [4.78, 5) is 3.31. The maximum absolute atomic E-state index is 6.79. The number of rotatable bonds is 3. The van der Waals surface area contributed by atoms with Crippen LogP contribution in [0.15, 0.2) is 85.5 Å². The Labute approximate surface area is 166 Å². The number of hydrogen-bond acceptors (Lipinski definition) is 3. The minimum atomic E-state index is 0.583. The highest BCUT2D eigenvalue weighted by Crippen LogP contribution is 2.14. The first-order valence-electron chi connectivity index (χ1n) is 8.64. The lowest BCUT2D eigenvalue weighted by molar-refractivity contribution is 0.878. The van der Waals surface area contributed by atoms with Gasteiger partial charge in [0.25, 0.3) is 0 Å². The zero-order valence-electron chi connectivity index (χ0n) is 15.7. The van der Waals surface area contributed by atoms with E-state index in [9.17, 15) is 0 Å². The summed E-state index contributed by atoms with van der Waals surface area (Å²) >= 11 is 0. The van der Waals surface area contributed by atoms with Gasteiger partial charge < -0.3 is 5.73 Å². The molecule has 0 fully saturated rings. The second kappa shape index (κ2) is 11.2. The maximum atomic E-state index is 6.79. The molecule has 7 heteroatoms. The van der Waals surface area contributed by atoms with Crippen molar-refractivity contribution in [3.05, 3.63) is 102 Å². The van der Waals surface area contributed by atoms with Crippen molar-refractivity contribution in [1.82, 2.24) is 19.6 Å². The van der Waals surface area contributed by atoms with Crippen molar-refractivity contribution in [2.24, 2.45) is 5.73 Å². The van der Waals surface area contributed by atoms with Crippen molar-refractivity contribution in [3.8, 4) is 11.4 Å². The number of hydrogen-bond donors (Lipinski definition) is 1. The van der Waals surface area contributed by atoms with Crippen LogP contribution in [0.2, 0.25) is 6.82 Å². The molecular weight excluding hydrogens is 347 g/mol. The lowest BCUT2D eigenvalue weighted by Gasteiger charge is -2.01. The average molecular weight is 368 g/mol. The molecule has 0 saturated heterocycles. The summed E-state index contributed by atoms with van der Waals surface area (Å²) in [5.74, 6) is 0. The SMILES string of the molecule is NCc1ccc(-n2cccn2)cc1.[B]C.[C-]#[N+]c1ccc(-n2cccn2)cc1. The predicted octanol–water partition coefficient (Wildman–Crippen LogP) is 3.96. The van der Waals surface area contributed by atoms with Crippen LogP contribution in [0.4, 0.5) is 5.69 Å². The van der Waals surface area contributed by atoms with Crippen molar-refractivity contribution >= 4 is 13.5 Å². The summed E-state index contributed by atoms with van der Waals surface area (Å²) in [5.41, 5.74) is 9.31. The maximum Gasteiger partial charge on any atom is 0.187 e. The van der Waals surface area contributed by atoms with E-state index in [4.69, 9.17) is 12.3 Å². The van der Waals surface area contributed by atoms with Crippen molar-refractivity contribution in [3.63, 3.8) is 0 Å². The fourth-order valence-corrected chi connectivity index (χ4v) is 2.31. The van der Waals surface area contributed by atoms with Crippen LogP contribution in [0.1, 0.15) is 5.56 Å². The number of nitrogens with two attached hydrogens (primary N) is 1. The van der Waals surface area contributed by atoms with Crippen LogP contribution in [-0.4, -0.2) is 27.4 Å². The van der Waals surface area contributed by atoms with Crippen LogP contribution in [0.5, 0.6) is 0 Å².